The highest BCUT2D eigenvalue weighted by Gasteiger charge is 2.00. The minimum absolute atomic E-state index is 0.0694. The molecule has 5 heteroatoms. The molecule has 0 aliphatic carbocycles. The average molecular weight is 285 g/mol. The van der Waals surface area contributed by atoms with Crippen molar-refractivity contribution >= 4 is 11.3 Å². The molecule has 0 fully saturated rings. The van der Waals surface area contributed by atoms with Gasteiger partial charge in [0, 0.05) is 19.6 Å². The highest BCUT2D eigenvalue weighted by Crippen LogP contribution is 1.88. The van der Waals surface area contributed by atoms with Gasteiger partial charge < -0.3 is 15.3 Å². The van der Waals surface area contributed by atoms with Crippen molar-refractivity contribution in [2.24, 2.45) is 0 Å². The van der Waals surface area contributed by atoms with Gasteiger partial charge in [-0.3, -0.25) is 4.90 Å². The van der Waals surface area contributed by atoms with Crippen LogP contribution in [0.3, 0.4) is 0 Å². The Kier molecular flexibility index (Phi) is 14.3. The summed E-state index contributed by atoms with van der Waals surface area (Å²) in [5, 5.41) is 29.5. The summed E-state index contributed by atoms with van der Waals surface area (Å²) in [4.78, 5) is 1.79. The second-order valence-corrected chi connectivity index (χ2v) is 4.39. The number of rotatable bonds is 6. The lowest BCUT2D eigenvalue weighted by atomic mass is 10.4. The van der Waals surface area contributed by atoms with Crippen molar-refractivity contribution in [1.82, 2.24) is 4.90 Å². The molecule has 1 aromatic heterocycles. The van der Waals surface area contributed by atoms with E-state index in [0.29, 0.717) is 19.6 Å². The molecule has 0 bridgehead atoms. The first-order valence-electron chi connectivity index (χ1n) is 6.20. The van der Waals surface area contributed by atoms with Gasteiger partial charge in [0.1, 0.15) is 0 Å². The first kappa shape index (κ1) is 18.0. The minimum Gasteiger partial charge on any atom is -0.395 e. The van der Waals surface area contributed by atoms with E-state index < -0.39 is 0 Å². The van der Waals surface area contributed by atoms with Crippen LogP contribution >= 0.6 is 11.3 Å². The van der Waals surface area contributed by atoms with E-state index in [0.717, 1.165) is 0 Å². The van der Waals surface area contributed by atoms with Crippen LogP contribution < -0.4 is 0 Å². The van der Waals surface area contributed by atoms with Crippen LogP contribution in [0.15, 0.2) is 47.2 Å². The third-order valence-electron chi connectivity index (χ3n) is 2.12. The first-order valence-corrected chi connectivity index (χ1v) is 7.14. The Morgan fingerprint density at radius 2 is 1.00 bits per heavy atom. The molecule has 0 aromatic carbocycles. The predicted molar refractivity (Wildman–Crippen MR) is 79.6 cm³/mol. The van der Waals surface area contributed by atoms with E-state index in [1.165, 1.54) is 0 Å². The van der Waals surface area contributed by atoms with Gasteiger partial charge >= 0.3 is 0 Å². The molecule has 0 amide bonds. The van der Waals surface area contributed by atoms with Crippen LogP contribution in [0.25, 0.3) is 0 Å². The Balaban J connectivity index is 0.000000342. The maximum absolute atomic E-state index is 8.48. The fourth-order valence-electron chi connectivity index (χ4n) is 1.24. The van der Waals surface area contributed by atoms with E-state index in [1.54, 1.807) is 16.2 Å². The van der Waals surface area contributed by atoms with Gasteiger partial charge in [0.15, 0.2) is 0 Å². The second-order valence-electron chi connectivity index (χ2n) is 3.58. The van der Waals surface area contributed by atoms with Crippen molar-refractivity contribution in [3.63, 3.8) is 0 Å². The summed E-state index contributed by atoms with van der Waals surface area (Å²) in [5.41, 5.74) is 0. The SMILES string of the molecule is OCCN(CCO)CCO.c1ccccsccc1. The highest BCUT2D eigenvalue weighted by molar-refractivity contribution is 7.07. The second kappa shape index (κ2) is 15.1. The lowest BCUT2D eigenvalue weighted by molar-refractivity contribution is 0.136. The molecular formula is C14H23NO3S. The molecule has 0 saturated carbocycles. The minimum atomic E-state index is 0.0694. The van der Waals surface area contributed by atoms with Crippen molar-refractivity contribution < 1.29 is 15.3 Å². The molecule has 1 heterocycles. The summed E-state index contributed by atoms with van der Waals surface area (Å²) in [6, 6.07) is 12.1. The van der Waals surface area contributed by atoms with E-state index in [2.05, 4.69) is 0 Å². The molecule has 0 aliphatic rings. The van der Waals surface area contributed by atoms with Crippen LogP contribution in [-0.4, -0.2) is 59.7 Å². The molecule has 0 unspecified atom stereocenters. The number of nitrogens with zero attached hydrogens (tertiary/aromatic N) is 1. The molecule has 0 spiro atoms. The first-order chi connectivity index (χ1) is 9.35. The number of hydrogen-bond donors (Lipinski definition) is 3. The zero-order valence-corrected chi connectivity index (χ0v) is 11.9. The van der Waals surface area contributed by atoms with Gasteiger partial charge in [0.2, 0.25) is 0 Å². The Hall–Kier alpha value is -0.980. The molecule has 1 rings (SSSR count). The fourth-order valence-corrected chi connectivity index (χ4v) is 1.70. The third kappa shape index (κ3) is 13.3. The Labute approximate surface area is 118 Å². The number of aliphatic hydroxyl groups is 3. The Bertz CT molecular complexity index is 243. The van der Waals surface area contributed by atoms with E-state index >= 15 is 0 Å². The van der Waals surface area contributed by atoms with Gasteiger partial charge in [-0.1, -0.05) is 36.4 Å². The topological polar surface area (TPSA) is 63.9 Å². The van der Waals surface area contributed by atoms with Crippen molar-refractivity contribution in [3.8, 4) is 0 Å². The van der Waals surface area contributed by atoms with Crippen molar-refractivity contribution in [1.29, 1.82) is 0 Å². The average Bonchev–Trinajstić information content (AvgIpc) is 2.56. The molecular weight excluding hydrogens is 262 g/mol. The fraction of sp³-hybridized carbons (Fsp3) is 0.429. The summed E-state index contributed by atoms with van der Waals surface area (Å²) in [7, 11) is 0. The van der Waals surface area contributed by atoms with Crippen LogP contribution in [0, 0.1) is 0 Å². The van der Waals surface area contributed by atoms with Crippen LogP contribution in [0.5, 0.6) is 0 Å². The summed E-state index contributed by atoms with van der Waals surface area (Å²) in [5.74, 6) is 0. The smallest absolute Gasteiger partial charge is 0.0558 e. The summed E-state index contributed by atoms with van der Waals surface area (Å²) in [6.45, 7) is 1.75. The van der Waals surface area contributed by atoms with Crippen molar-refractivity contribution in [2.75, 3.05) is 39.5 Å². The molecule has 1 aromatic rings. The van der Waals surface area contributed by atoms with Crippen LogP contribution in [0.2, 0.25) is 0 Å². The zero-order chi connectivity index (χ0) is 14.2. The number of hydrogen-bond acceptors (Lipinski definition) is 5. The molecule has 0 saturated heterocycles. The lowest BCUT2D eigenvalue weighted by Gasteiger charge is -2.17. The molecule has 19 heavy (non-hydrogen) atoms. The Morgan fingerprint density at radius 1 is 0.632 bits per heavy atom. The van der Waals surface area contributed by atoms with Gasteiger partial charge in [-0.15, -0.1) is 0 Å². The van der Waals surface area contributed by atoms with Crippen molar-refractivity contribution in [2.45, 2.75) is 0 Å². The highest BCUT2D eigenvalue weighted by atomic mass is 32.1. The molecule has 0 atom stereocenters. The molecule has 3 N–H and O–H groups in total. The normalized spacial score (nSPS) is 9.47. The molecule has 4 nitrogen and oxygen atoms in total. The van der Waals surface area contributed by atoms with E-state index in [9.17, 15) is 0 Å². The third-order valence-corrected chi connectivity index (χ3v) is 2.75. The van der Waals surface area contributed by atoms with E-state index in [1.807, 2.05) is 47.2 Å². The van der Waals surface area contributed by atoms with E-state index in [-0.39, 0.29) is 19.8 Å². The van der Waals surface area contributed by atoms with Crippen LogP contribution in [0.1, 0.15) is 0 Å². The molecule has 0 aliphatic heterocycles. The van der Waals surface area contributed by atoms with Gasteiger partial charge in [-0.05, 0) is 10.8 Å². The quantitative estimate of drug-likeness (QED) is 0.733. The summed E-state index contributed by atoms with van der Waals surface area (Å²) >= 11 is 1.68. The van der Waals surface area contributed by atoms with Gasteiger partial charge in [0.05, 0.1) is 19.8 Å². The van der Waals surface area contributed by atoms with Crippen molar-refractivity contribution in [3.05, 3.63) is 47.2 Å². The van der Waals surface area contributed by atoms with Gasteiger partial charge in [0.25, 0.3) is 0 Å². The molecule has 108 valence electrons. The maximum Gasteiger partial charge on any atom is 0.0558 e. The van der Waals surface area contributed by atoms with Gasteiger partial charge in [-0.25, -0.2) is 0 Å². The largest absolute Gasteiger partial charge is 0.395 e. The molecule has 0 radical (unpaired) electrons. The number of aliphatic hydroxyl groups excluding tert-OH is 3. The maximum atomic E-state index is 8.48. The lowest BCUT2D eigenvalue weighted by Crippen LogP contribution is -2.32. The standard InChI is InChI=1S/C8H8S.C6H15NO3/c1-2-4-6-8-9-7-5-3-1;8-4-1-7(2-5-9)3-6-10/h1-8H;8-10H,1-6H2. The monoisotopic (exact) mass is 285 g/mol. The van der Waals surface area contributed by atoms with Gasteiger partial charge in [-0.2, -0.15) is 11.3 Å². The van der Waals surface area contributed by atoms with Crippen LogP contribution in [-0.2, 0) is 0 Å². The summed E-state index contributed by atoms with van der Waals surface area (Å²) in [6.07, 6.45) is 0. The Morgan fingerprint density at radius 3 is 1.37 bits per heavy atom. The predicted octanol–water partition coefficient (Wildman–Crippen LogP) is 1.14. The van der Waals surface area contributed by atoms with Crippen LogP contribution in [0.4, 0.5) is 0 Å². The summed E-state index contributed by atoms with van der Waals surface area (Å²) < 4.78 is 0. The van der Waals surface area contributed by atoms with E-state index in [4.69, 9.17) is 15.3 Å². The zero-order valence-electron chi connectivity index (χ0n) is 11.1.